The van der Waals surface area contributed by atoms with Crippen molar-refractivity contribution in [3.05, 3.63) is 29.3 Å². The number of nitrogens with one attached hydrogen (secondary N) is 1. The minimum atomic E-state index is -0.966. The molecule has 1 aromatic carbocycles. The fraction of sp³-hybridized carbons (Fsp3) is 0.600. The lowest BCUT2D eigenvalue weighted by Gasteiger charge is -2.35. The summed E-state index contributed by atoms with van der Waals surface area (Å²) in [6, 6.07) is 2.19. The lowest BCUT2D eigenvalue weighted by Crippen LogP contribution is -2.43. The number of aliphatic hydroxyl groups is 1. The van der Waals surface area contributed by atoms with Crippen LogP contribution in [0.15, 0.2) is 12.1 Å². The van der Waals surface area contributed by atoms with Crippen LogP contribution in [-0.4, -0.2) is 22.4 Å². The third-order valence-corrected chi connectivity index (χ3v) is 4.06. The quantitative estimate of drug-likeness (QED) is 0.797. The minimum Gasteiger partial charge on any atom is -0.503 e. The molecule has 0 saturated heterocycles. The third-order valence-electron chi connectivity index (χ3n) is 4.06. The lowest BCUT2D eigenvalue weighted by atomic mass is 9.79. The van der Waals surface area contributed by atoms with Crippen molar-refractivity contribution in [1.82, 2.24) is 5.32 Å². The molecule has 0 radical (unpaired) electrons. The average Bonchev–Trinajstić information content (AvgIpc) is 2.40. The van der Waals surface area contributed by atoms with Crippen LogP contribution in [0.2, 0.25) is 0 Å². The molecule has 0 unspecified atom stereocenters. The summed E-state index contributed by atoms with van der Waals surface area (Å²) in [7, 11) is 0. The molecular formula is C15H21F2NO2. The van der Waals surface area contributed by atoms with Crippen LogP contribution < -0.4 is 5.32 Å². The Kier molecular flexibility index (Phi) is 4.60. The summed E-state index contributed by atoms with van der Waals surface area (Å²) >= 11 is 0. The van der Waals surface area contributed by atoms with E-state index in [9.17, 15) is 13.9 Å². The van der Waals surface area contributed by atoms with Gasteiger partial charge in [-0.05, 0) is 49.3 Å². The van der Waals surface area contributed by atoms with Gasteiger partial charge in [0.2, 0.25) is 0 Å². The highest BCUT2D eigenvalue weighted by atomic mass is 19.1. The second kappa shape index (κ2) is 6.06. The molecule has 5 heteroatoms. The van der Waals surface area contributed by atoms with Crippen LogP contribution in [0.5, 0.6) is 5.75 Å². The fourth-order valence-corrected chi connectivity index (χ4v) is 2.64. The summed E-state index contributed by atoms with van der Waals surface area (Å²) in [6.07, 6.45) is 3.50. The van der Waals surface area contributed by atoms with E-state index >= 15 is 0 Å². The zero-order valence-corrected chi connectivity index (χ0v) is 11.6. The third kappa shape index (κ3) is 3.67. The summed E-state index contributed by atoms with van der Waals surface area (Å²) in [4.78, 5) is 0. The van der Waals surface area contributed by atoms with Crippen molar-refractivity contribution in [3.8, 4) is 5.75 Å². The Balaban J connectivity index is 1.87. The monoisotopic (exact) mass is 285 g/mol. The topological polar surface area (TPSA) is 52.5 Å². The molecular weight excluding hydrogens is 264 g/mol. The van der Waals surface area contributed by atoms with Crippen LogP contribution >= 0.6 is 0 Å². The Morgan fingerprint density at radius 3 is 2.35 bits per heavy atom. The average molecular weight is 285 g/mol. The highest BCUT2D eigenvalue weighted by Crippen LogP contribution is 2.31. The van der Waals surface area contributed by atoms with Crippen LogP contribution in [0, 0.1) is 17.6 Å². The molecule has 1 aliphatic carbocycles. The molecule has 3 nitrogen and oxygen atoms in total. The number of benzene rings is 1. The van der Waals surface area contributed by atoms with E-state index in [1.165, 1.54) is 0 Å². The van der Waals surface area contributed by atoms with E-state index < -0.39 is 23.0 Å². The standard InChI is InChI=1S/C15H21F2NO2/c1-10-2-4-15(20,5-3-10)9-18-8-11-6-12(16)14(19)13(17)7-11/h6-7,10,18-20H,2-5,8-9H2,1H3. The molecule has 3 N–H and O–H groups in total. The number of rotatable bonds is 4. The number of halogens is 2. The summed E-state index contributed by atoms with van der Waals surface area (Å²) in [5.74, 6) is -2.23. The molecule has 1 aromatic rings. The van der Waals surface area contributed by atoms with Crippen molar-refractivity contribution in [2.45, 2.75) is 44.8 Å². The van der Waals surface area contributed by atoms with Gasteiger partial charge < -0.3 is 15.5 Å². The van der Waals surface area contributed by atoms with Crippen molar-refractivity contribution in [2.24, 2.45) is 5.92 Å². The van der Waals surface area contributed by atoms with E-state index in [-0.39, 0.29) is 6.54 Å². The molecule has 0 aromatic heterocycles. The highest BCUT2D eigenvalue weighted by Gasteiger charge is 2.31. The Morgan fingerprint density at radius 1 is 1.25 bits per heavy atom. The van der Waals surface area contributed by atoms with Gasteiger partial charge in [0.05, 0.1) is 5.60 Å². The first-order valence-corrected chi connectivity index (χ1v) is 7.00. The normalized spacial score (nSPS) is 26.7. The zero-order valence-electron chi connectivity index (χ0n) is 11.6. The van der Waals surface area contributed by atoms with E-state index in [1.807, 2.05) is 0 Å². The van der Waals surface area contributed by atoms with Gasteiger partial charge in [-0.25, -0.2) is 8.78 Å². The van der Waals surface area contributed by atoms with Gasteiger partial charge in [0.15, 0.2) is 17.4 Å². The molecule has 0 bridgehead atoms. The molecule has 112 valence electrons. The molecule has 2 rings (SSSR count). The summed E-state index contributed by atoms with van der Waals surface area (Å²) in [6.45, 7) is 2.84. The molecule has 1 fully saturated rings. The maximum absolute atomic E-state index is 13.2. The Morgan fingerprint density at radius 2 is 1.80 bits per heavy atom. The number of hydrogen-bond donors (Lipinski definition) is 3. The maximum atomic E-state index is 13.2. The van der Waals surface area contributed by atoms with Gasteiger partial charge in [0, 0.05) is 13.1 Å². The van der Waals surface area contributed by atoms with Crippen molar-refractivity contribution in [2.75, 3.05) is 6.54 Å². The van der Waals surface area contributed by atoms with Crippen molar-refractivity contribution in [1.29, 1.82) is 0 Å². The molecule has 1 aliphatic rings. The van der Waals surface area contributed by atoms with Gasteiger partial charge in [0.25, 0.3) is 0 Å². The second-order valence-electron chi connectivity index (χ2n) is 5.92. The smallest absolute Gasteiger partial charge is 0.187 e. The van der Waals surface area contributed by atoms with E-state index in [0.29, 0.717) is 18.0 Å². The van der Waals surface area contributed by atoms with E-state index in [4.69, 9.17) is 5.11 Å². The molecule has 0 atom stereocenters. The van der Waals surface area contributed by atoms with E-state index in [1.54, 1.807) is 0 Å². The molecule has 20 heavy (non-hydrogen) atoms. The summed E-state index contributed by atoms with van der Waals surface area (Å²) < 4.78 is 26.3. The molecule has 0 heterocycles. The zero-order chi connectivity index (χ0) is 14.8. The van der Waals surface area contributed by atoms with Crippen molar-refractivity contribution < 1.29 is 19.0 Å². The van der Waals surface area contributed by atoms with Crippen LogP contribution in [0.1, 0.15) is 38.2 Å². The van der Waals surface area contributed by atoms with Gasteiger partial charge >= 0.3 is 0 Å². The molecule has 0 aliphatic heterocycles. The van der Waals surface area contributed by atoms with Crippen LogP contribution in [0.4, 0.5) is 8.78 Å². The Hall–Kier alpha value is -1.20. The number of phenolic OH excluding ortho intramolecular Hbond substituents is 1. The first-order valence-electron chi connectivity index (χ1n) is 7.00. The molecule has 0 amide bonds. The van der Waals surface area contributed by atoms with Crippen LogP contribution in [0.3, 0.4) is 0 Å². The maximum Gasteiger partial charge on any atom is 0.187 e. The molecule has 0 spiro atoms. The van der Waals surface area contributed by atoms with Crippen molar-refractivity contribution in [3.63, 3.8) is 0 Å². The first kappa shape index (κ1) is 15.2. The Bertz CT molecular complexity index is 448. The summed E-state index contributed by atoms with van der Waals surface area (Å²) in [5.41, 5.74) is -0.314. The van der Waals surface area contributed by atoms with Gasteiger partial charge in [-0.15, -0.1) is 0 Å². The van der Waals surface area contributed by atoms with Crippen molar-refractivity contribution >= 4 is 0 Å². The lowest BCUT2D eigenvalue weighted by molar-refractivity contribution is -0.00630. The van der Waals surface area contributed by atoms with Crippen LogP contribution in [-0.2, 0) is 6.54 Å². The van der Waals surface area contributed by atoms with Gasteiger partial charge in [-0.2, -0.15) is 0 Å². The number of hydrogen-bond acceptors (Lipinski definition) is 3. The fourth-order valence-electron chi connectivity index (χ4n) is 2.64. The minimum absolute atomic E-state index is 0.256. The largest absolute Gasteiger partial charge is 0.503 e. The predicted octanol–water partition coefficient (Wildman–Crippen LogP) is 2.70. The van der Waals surface area contributed by atoms with Crippen LogP contribution in [0.25, 0.3) is 0 Å². The second-order valence-corrected chi connectivity index (χ2v) is 5.92. The first-order chi connectivity index (χ1) is 9.39. The number of phenols is 1. The van der Waals surface area contributed by atoms with Gasteiger partial charge in [-0.3, -0.25) is 0 Å². The van der Waals surface area contributed by atoms with Gasteiger partial charge in [0.1, 0.15) is 0 Å². The Labute approximate surface area is 117 Å². The van der Waals surface area contributed by atoms with E-state index in [0.717, 1.165) is 37.8 Å². The highest BCUT2D eigenvalue weighted by molar-refractivity contribution is 5.29. The SMILES string of the molecule is CC1CCC(O)(CNCc2cc(F)c(O)c(F)c2)CC1. The van der Waals surface area contributed by atoms with E-state index in [2.05, 4.69) is 12.2 Å². The van der Waals surface area contributed by atoms with Gasteiger partial charge in [-0.1, -0.05) is 6.92 Å². The predicted molar refractivity (Wildman–Crippen MR) is 72.3 cm³/mol. The number of aromatic hydroxyl groups is 1. The molecule has 1 saturated carbocycles. The summed E-state index contributed by atoms with van der Waals surface area (Å²) in [5, 5.41) is 22.4.